The van der Waals surface area contributed by atoms with E-state index < -0.39 is 0 Å². The van der Waals surface area contributed by atoms with Gasteiger partial charge in [0.1, 0.15) is 18.0 Å². The quantitative estimate of drug-likeness (QED) is 0.652. The minimum Gasteiger partial charge on any atom is -0.471 e. The van der Waals surface area contributed by atoms with Gasteiger partial charge in [-0.15, -0.1) is 0 Å². The lowest BCUT2D eigenvalue weighted by atomic mass is 10.3. The minimum absolute atomic E-state index is 0.000168. The first-order valence-corrected chi connectivity index (χ1v) is 7.52. The fraction of sp³-hybridized carbons (Fsp3) is 0.267. The maximum atomic E-state index is 9.18. The van der Waals surface area contributed by atoms with Crippen LogP contribution in [0.5, 0.6) is 5.88 Å². The molecule has 0 aliphatic carbocycles. The van der Waals surface area contributed by atoms with Gasteiger partial charge in [0.05, 0.1) is 29.8 Å². The van der Waals surface area contributed by atoms with Gasteiger partial charge in [-0.3, -0.25) is 0 Å². The van der Waals surface area contributed by atoms with Crippen molar-refractivity contribution in [3.63, 3.8) is 0 Å². The van der Waals surface area contributed by atoms with E-state index in [0.29, 0.717) is 11.6 Å². The van der Waals surface area contributed by atoms with Gasteiger partial charge in [-0.2, -0.15) is 10.2 Å². The monoisotopic (exact) mass is 322 g/mol. The number of ether oxygens (including phenoxy) is 1. The van der Waals surface area contributed by atoms with Gasteiger partial charge in [0.2, 0.25) is 5.69 Å². The molecular weight excluding hydrogens is 308 g/mol. The molecule has 0 bridgehead atoms. The molecule has 1 aliphatic heterocycles. The highest BCUT2D eigenvalue weighted by atomic mass is 16.5. The van der Waals surface area contributed by atoms with Crippen LogP contribution in [0.25, 0.3) is 11.0 Å². The van der Waals surface area contributed by atoms with Gasteiger partial charge in [0.25, 0.3) is 5.88 Å². The van der Waals surface area contributed by atoms with E-state index in [1.54, 1.807) is 18.6 Å². The largest absolute Gasteiger partial charge is 0.471 e. The number of rotatable bonds is 4. The van der Waals surface area contributed by atoms with Gasteiger partial charge in [0.15, 0.2) is 5.82 Å². The van der Waals surface area contributed by atoms with Crippen LogP contribution in [-0.4, -0.2) is 44.1 Å². The molecule has 1 unspecified atom stereocenters. The van der Waals surface area contributed by atoms with E-state index in [1.807, 2.05) is 6.07 Å². The second kappa shape index (κ2) is 6.10. The second-order valence-corrected chi connectivity index (χ2v) is 5.37. The molecule has 0 aromatic carbocycles. The van der Waals surface area contributed by atoms with Crippen molar-refractivity contribution in [2.24, 2.45) is 0 Å². The van der Waals surface area contributed by atoms with E-state index in [-0.39, 0.29) is 17.7 Å². The molecule has 3 aromatic rings. The Bertz CT molecular complexity index is 909. The second-order valence-electron chi connectivity index (χ2n) is 5.37. The summed E-state index contributed by atoms with van der Waals surface area (Å²) in [7, 11) is 0. The van der Waals surface area contributed by atoms with E-state index in [9.17, 15) is 5.26 Å². The molecule has 3 aromatic heterocycles. The highest BCUT2D eigenvalue weighted by molar-refractivity contribution is 5.77. The number of aromatic amines is 1. The predicted octanol–water partition coefficient (Wildman–Crippen LogP) is 1.10. The highest BCUT2D eigenvalue weighted by Gasteiger charge is 2.19. The Morgan fingerprint density at radius 1 is 1.25 bits per heavy atom. The first-order valence-electron chi connectivity index (χ1n) is 7.52. The summed E-state index contributed by atoms with van der Waals surface area (Å²) in [6, 6.07) is 3.80. The van der Waals surface area contributed by atoms with Crippen molar-refractivity contribution in [2.75, 3.05) is 18.4 Å². The third-order valence-electron chi connectivity index (χ3n) is 3.70. The molecule has 120 valence electrons. The van der Waals surface area contributed by atoms with Crippen molar-refractivity contribution in [3.8, 4) is 11.9 Å². The number of nitrogens with one attached hydrogen (secondary N) is 3. The summed E-state index contributed by atoms with van der Waals surface area (Å²) in [5.74, 6) is 1.27. The topological polar surface area (TPSA) is 124 Å². The number of nitriles is 1. The van der Waals surface area contributed by atoms with Crippen molar-refractivity contribution in [3.05, 3.63) is 30.5 Å². The number of imidazole rings is 1. The van der Waals surface area contributed by atoms with Gasteiger partial charge < -0.3 is 20.4 Å². The van der Waals surface area contributed by atoms with Crippen molar-refractivity contribution < 1.29 is 4.74 Å². The molecule has 1 aliphatic rings. The van der Waals surface area contributed by atoms with Crippen LogP contribution in [0.2, 0.25) is 0 Å². The van der Waals surface area contributed by atoms with E-state index in [4.69, 9.17) is 4.74 Å². The summed E-state index contributed by atoms with van der Waals surface area (Å²) in [6.07, 6.45) is 5.65. The number of hydrogen-bond donors (Lipinski definition) is 3. The third-order valence-corrected chi connectivity index (χ3v) is 3.70. The van der Waals surface area contributed by atoms with Crippen molar-refractivity contribution >= 4 is 22.7 Å². The van der Waals surface area contributed by atoms with Gasteiger partial charge in [0, 0.05) is 12.6 Å². The Hall–Kier alpha value is -3.25. The Labute approximate surface area is 137 Å². The van der Waals surface area contributed by atoms with Crippen LogP contribution < -0.4 is 15.4 Å². The third kappa shape index (κ3) is 2.82. The number of fused-ring (bicyclic) bond motifs is 1. The molecular formula is C15H14N8O. The Morgan fingerprint density at radius 2 is 2.21 bits per heavy atom. The molecule has 9 heteroatoms. The van der Waals surface area contributed by atoms with Gasteiger partial charge in [-0.25, -0.2) is 15.0 Å². The fourth-order valence-electron chi connectivity index (χ4n) is 2.51. The molecule has 9 nitrogen and oxygen atoms in total. The summed E-state index contributed by atoms with van der Waals surface area (Å²) in [6.45, 7) is 1.63. The molecule has 24 heavy (non-hydrogen) atoms. The molecule has 0 radical (unpaired) electrons. The van der Waals surface area contributed by atoms with E-state index in [2.05, 4.69) is 35.6 Å². The normalized spacial score (nSPS) is 16.9. The molecule has 3 N–H and O–H groups in total. The molecule has 4 heterocycles. The number of H-pyrrole nitrogens is 1. The lowest BCUT2D eigenvalue weighted by Crippen LogP contribution is -2.21. The minimum atomic E-state index is 0.000168. The summed E-state index contributed by atoms with van der Waals surface area (Å²) < 4.78 is 5.80. The van der Waals surface area contributed by atoms with E-state index >= 15 is 0 Å². The zero-order chi connectivity index (χ0) is 16.4. The van der Waals surface area contributed by atoms with Crippen LogP contribution in [-0.2, 0) is 0 Å². The molecule has 0 spiro atoms. The summed E-state index contributed by atoms with van der Waals surface area (Å²) in [4.78, 5) is 19.9. The lowest BCUT2D eigenvalue weighted by Gasteiger charge is -2.13. The molecule has 1 atom stereocenters. The molecule has 0 amide bonds. The number of nitrogens with zero attached hydrogens (tertiary/aromatic N) is 5. The highest BCUT2D eigenvalue weighted by Crippen LogP contribution is 2.21. The predicted molar refractivity (Wildman–Crippen MR) is 85.8 cm³/mol. The zero-order valence-corrected chi connectivity index (χ0v) is 12.7. The lowest BCUT2D eigenvalue weighted by molar-refractivity contribution is 0.212. The van der Waals surface area contributed by atoms with Crippen LogP contribution in [0, 0.1) is 11.3 Å². The Morgan fingerprint density at radius 3 is 3.04 bits per heavy atom. The van der Waals surface area contributed by atoms with Crippen LogP contribution in [0.4, 0.5) is 11.6 Å². The molecule has 1 fully saturated rings. The van der Waals surface area contributed by atoms with Crippen LogP contribution >= 0.6 is 0 Å². The van der Waals surface area contributed by atoms with Gasteiger partial charge in [-0.05, 0) is 13.0 Å². The first kappa shape index (κ1) is 14.3. The van der Waals surface area contributed by atoms with Gasteiger partial charge in [-0.1, -0.05) is 0 Å². The Balaban J connectivity index is 1.59. The smallest absolute Gasteiger partial charge is 0.253 e. The number of hydrogen-bond acceptors (Lipinski definition) is 8. The van der Waals surface area contributed by atoms with Crippen molar-refractivity contribution in [2.45, 2.75) is 12.5 Å². The summed E-state index contributed by atoms with van der Waals surface area (Å²) in [5, 5.41) is 15.4. The summed E-state index contributed by atoms with van der Waals surface area (Å²) >= 11 is 0. The first-order chi connectivity index (χ1) is 11.8. The fourth-order valence-corrected chi connectivity index (χ4v) is 2.51. The average molecular weight is 322 g/mol. The van der Waals surface area contributed by atoms with E-state index in [0.717, 1.165) is 30.5 Å². The number of aromatic nitrogens is 5. The standard InChI is InChI=1S/C15H14N8O/c16-4-11-15(24-9-1-2-17-5-9)23-14(7-18-11)22-13-3-10-12(6-19-13)21-8-20-10/h3,6-9,17H,1-2,5H2,(H,20,21)(H,19,22,23). The SMILES string of the molecule is N#Cc1ncc(Nc2cc3nc[nH]c3cn2)nc1OC1CCNC1. The van der Waals surface area contributed by atoms with E-state index in [1.165, 1.54) is 6.20 Å². The summed E-state index contributed by atoms with van der Waals surface area (Å²) in [5.41, 5.74) is 1.81. The number of anilines is 2. The van der Waals surface area contributed by atoms with Gasteiger partial charge >= 0.3 is 0 Å². The molecule has 4 rings (SSSR count). The van der Waals surface area contributed by atoms with Crippen LogP contribution in [0.15, 0.2) is 24.8 Å². The number of pyridine rings is 1. The maximum absolute atomic E-state index is 9.18. The average Bonchev–Trinajstić information content (AvgIpc) is 3.26. The van der Waals surface area contributed by atoms with Crippen molar-refractivity contribution in [1.82, 2.24) is 30.2 Å². The molecule has 0 saturated carbocycles. The van der Waals surface area contributed by atoms with Crippen molar-refractivity contribution in [1.29, 1.82) is 5.26 Å². The van der Waals surface area contributed by atoms with Crippen LogP contribution in [0.1, 0.15) is 12.1 Å². The zero-order valence-electron chi connectivity index (χ0n) is 12.7. The molecule has 1 saturated heterocycles. The van der Waals surface area contributed by atoms with Crippen LogP contribution in [0.3, 0.4) is 0 Å². The Kier molecular flexibility index (Phi) is 3.64. The maximum Gasteiger partial charge on any atom is 0.253 e.